The molecule has 148 valence electrons. The summed E-state index contributed by atoms with van der Waals surface area (Å²) in [5, 5.41) is 5.87. The van der Waals surface area contributed by atoms with Gasteiger partial charge in [-0.15, -0.1) is 0 Å². The van der Waals surface area contributed by atoms with E-state index in [9.17, 15) is 14.0 Å². The lowest BCUT2D eigenvalue weighted by Crippen LogP contribution is -2.33. The third kappa shape index (κ3) is 4.67. The van der Waals surface area contributed by atoms with Crippen LogP contribution in [0.4, 0.5) is 14.9 Å². The molecule has 28 heavy (non-hydrogen) atoms. The Morgan fingerprint density at radius 3 is 2.64 bits per heavy atom. The van der Waals surface area contributed by atoms with Crippen LogP contribution in [0.25, 0.3) is 11.1 Å². The first-order valence-electron chi connectivity index (χ1n) is 9.30. The Kier molecular flexibility index (Phi) is 6.26. The van der Waals surface area contributed by atoms with Crippen molar-refractivity contribution >= 4 is 17.7 Å². The molecule has 0 aromatic heterocycles. The van der Waals surface area contributed by atoms with Crippen LogP contribution in [0.5, 0.6) is 0 Å². The number of hydrogen-bond acceptors (Lipinski definition) is 4. The molecule has 0 radical (unpaired) electrons. The van der Waals surface area contributed by atoms with Crippen molar-refractivity contribution in [3.05, 3.63) is 53.8 Å². The lowest BCUT2D eigenvalue weighted by Gasteiger charge is -2.15. The Bertz CT molecular complexity index is 854. The highest BCUT2D eigenvalue weighted by Gasteiger charge is 2.32. The van der Waals surface area contributed by atoms with E-state index in [-0.39, 0.29) is 19.0 Å². The number of anilines is 1. The maximum absolute atomic E-state index is 14.7. The molecule has 1 fully saturated rings. The maximum atomic E-state index is 14.7. The predicted molar refractivity (Wildman–Crippen MR) is 106 cm³/mol. The monoisotopic (exact) mass is 385 g/mol. The van der Waals surface area contributed by atoms with Gasteiger partial charge in [-0.25, -0.2) is 9.18 Å². The Morgan fingerprint density at radius 1 is 1.25 bits per heavy atom. The normalized spacial score (nSPS) is 16.2. The van der Waals surface area contributed by atoms with Crippen molar-refractivity contribution in [3.63, 3.8) is 0 Å². The summed E-state index contributed by atoms with van der Waals surface area (Å²) in [5.41, 5.74) is 2.81. The number of halogens is 1. The molecule has 0 spiro atoms. The highest BCUT2D eigenvalue weighted by Crippen LogP contribution is 2.29. The first-order valence-corrected chi connectivity index (χ1v) is 9.30. The zero-order valence-electron chi connectivity index (χ0n) is 16.0. The van der Waals surface area contributed by atoms with Crippen LogP contribution in [-0.4, -0.2) is 37.7 Å². The van der Waals surface area contributed by atoms with Gasteiger partial charge in [0.1, 0.15) is 11.9 Å². The molecule has 1 heterocycles. The van der Waals surface area contributed by atoms with Gasteiger partial charge in [0.05, 0.1) is 18.8 Å². The highest BCUT2D eigenvalue weighted by atomic mass is 19.1. The maximum Gasteiger partial charge on any atom is 0.414 e. The molecule has 0 unspecified atom stereocenters. The molecule has 0 bridgehead atoms. The van der Waals surface area contributed by atoms with E-state index in [4.69, 9.17) is 4.74 Å². The van der Waals surface area contributed by atoms with Crippen molar-refractivity contribution in [1.82, 2.24) is 10.6 Å². The summed E-state index contributed by atoms with van der Waals surface area (Å²) in [5.74, 6) is -0.601. The second-order valence-electron chi connectivity index (χ2n) is 6.69. The summed E-state index contributed by atoms with van der Waals surface area (Å²) in [6.07, 6.45) is -1.00. The number of carbonyl (C=O) groups is 2. The predicted octanol–water partition coefficient (Wildman–Crippen LogP) is 3.06. The molecule has 0 aliphatic carbocycles. The van der Waals surface area contributed by atoms with Gasteiger partial charge in [0.2, 0.25) is 5.91 Å². The van der Waals surface area contributed by atoms with Crippen molar-refractivity contribution in [3.8, 4) is 11.1 Å². The van der Waals surface area contributed by atoms with Crippen LogP contribution >= 0.6 is 0 Å². The first kappa shape index (κ1) is 19.8. The molecule has 6 nitrogen and oxygen atoms in total. The number of benzene rings is 2. The van der Waals surface area contributed by atoms with Crippen LogP contribution in [0.15, 0.2) is 42.5 Å². The number of cyclic esters (lactones) is 1. The molecule has 2 amide bonds. The molecule has 0 saturated carbocycles. The summed E-state index contributed by atoms with van der Waals surface area (Å²) in [7, 11) is 0. The fraction of sp³-hybridized carbons (Fsp3) is 0.333. The minimum absolute atomic E-state index is 0.193. The molecular formula is C21H24FN3O3. The van der Waals surface area contributed by atoms with Crippen molar-refractivity contribution in [2.75, 3.05) is 24.5 Å². The average molecular weight is 385 g/mol. The number of carbonyl (C=O) groups excluding carboxylic acids is 2. The highest BCUT2D eigenvalue weighted by molar-refractivity contribution is 5.90. The Hall–Kier alpha value is -2.93. The lowest BCUT2D eigenvalue weighted by molar-refractivity contribution is -0.119. The van der Waals surface area contributed by atoms with Gasteiger partial charge >= 0.3 is 6.09 Å². The summed E-state index contributed by atoms with van der Waals surface area (Å²) >= 11 is 0. The van der Waals surface area contributed by atoms with Crippen LogP contribution < -0.4 is 15.5 Å². The number of amides is 2. The van der Waals surface area contributed by atoms with Crippen molar-refractivity contribution in [1.29, 1.82) is 0 Å². The fourth-order valence-corrected chi connectivity index (χ4v) is 3.07. The third-order valence-corrected chi connectivity index (χ3v) is 4.56. The van der Waals surface area contributed by atoms with E-state index in [2.05, 4.69) is 10.6 Å². The van der Waals surface area contributed by atoms with Gasteiger partial charge in [-0.05, 0) is 35.9 Å². The number of rotatable bonds is 7. The van der Waals surface area contributed by atoms with Crippen molar-refractivity contribution in [2.24, 2.45) is 0 Å². The van der Waals surface area contributed by atoms with Gasteiger partial charge in [-0.1, -0.05) is 31.2 Å². The molecule has 1 saturated heterocycles. The summed E-state index contributed by atoms with van der Waals surface area (Å²) in [6, 6.07) is 12.4. The van der Waals surface area contributed by atoms with Gasteiger partial charge in [0, 0.05) is 19.0 Å². The molecule has 7 heteroatoms. The lowest BCUT2D eigenvalue weighted by atomic mass is 10.0. The van der Waals surface area contributed by atoms with Gasteiger partial charge in [-0.2, -0.15) is 0 Å². The van der Waals surface area contributed by atoms with Crippen LogP contribution in [0.2, 0.25) is 0 Å². The smallest absolute Gasteiger partial charge is 0.414 e. The second-order valence-corrected chi connectivity index (χ2v) is 6.69. The van der Waals surface area contributed by atoms with Crippen molar-refractivity contribution < 1.29 is 18.7 Å². The molecule has 1 aliphatic heterocycles. The second kappa shape index (κ2) is 8.84. The topological polar surface area (TPSA) is 70.7 Å². The SMILES string of the molecule is CCNCc1ccc(-c2ccc(N3C[C@H](CNC(C)=O)OC3=O)cc2F)cc1. The molecular weight excluding hydrogens is 361 g/mol. The number of hydrogen-bond donors (Lipinski definition) is 2. The van der Waals surface area contributed by atoms with Gasteiger partial charge in [0.25, 0.3) is 0 Å². The minimum Gasteiger partial charge on any atom is -0.442 e. The van der Waals surface area contributed by atoms with Crippen LogP contribution in [-0.2, 0) is 16.1 Å². The first-order chi connectivity index (χ1) is 13.5. The molecule has 1 atom stereocenters. The Labute approximate surface area is 163 Å². The molecule has 3 rings (SSSR count). The number of nitrogens with zero attached hydrogens (tertiary/aromatic N) is 1. The minimum atomic E-state index is -0.546. The van der Waals surface area contributed by atoms with Crippen LogP contribution in [0.3, 0.4) is 0 Å². The summed E-state index contributed by atoms with van der Waals surface area (Å²) in [6.45, 7) is 5.60. The third-order valence-electron chi connectivity index (χ3n) is 4.56. The van der Waals surface area contributed by atoms with E-state index in [1.165, 1.54) is 17.9 Å². The Morgan fingerprint density at radius 2 is 2.00 bits per heavy atom. The molecule has 2 aromatic carbocycles. The molecule has 2 N–H and O–H groups in total. The zero-order valence-corrected chi connectivity index (χ0v) is 16.0. The quantitative estimate of drug-likeness (QED) is 0.769. The summed E-state index contributed by atoms with van der Waals surface area (Å²) in [4.78, 5) is 24.5. The number of nitrogens with one attached hydrogen (secondary N) is 2. The average Bonchev–Trinajstić information content (AvgIpc) is 3.06. The zero-order chi connectivity index (χ0) is 20.1. The van der Waals surface area contributed by atoms with Crippen molar-refractivity contribution in [2.45, 2.75) is 26.5 Å². The van der Waals surface area contributed by atoms with Gasteiger partial charge < -0.3 is 15.4 Å². The number of ether oxygens (including phenoxy) is 1. The molecule has 1 aliphatic rings. The standard InChI is InChI=1S/C21H24FN3O3/c1-3-23-11-15-4-6-16(7-5-15)19-9-8-17(10-20(19)22)25-13-18(28-21(25)27)12-24-14(2)26/h4-10,18,23H,3,11-13H2,1-2H3,(H,24,26)/t18-/m0/s1. The van der Waals surface area contributed by atoms with E-state index >= 15 is 0 Å². The van der Waals surface area contributed by atoms with E-state index in [1.54, 1.807) is 12.1 Å². The van der Waals surface area contributed by atoms with Crippen LogP contribution in [0.1, 0.15) is 19.4 Å². The summed E-state index contributed by atoms with van der Waals surface area (Å²) < 4.78 is 19.9. The van der Waals surface area contributed by atoms with E-state index in [0.717, 1.165) is 24.2 Å². The molecule has 2 aromatic rings. The van der Waals surface area contributed by atoms with E-state index in [1.807, 2.05) is 31.2 Å². The van der Waals surface area contributed by atoms with E-state index in [0.29, 0.717) is 11.3 Å². The largest absolute Gasteiger partial charge is 0.442 e. The fourth-order valence-electron chi connectivity index (χ4n) is 3.07. The van der Waals surface area contributed by atoms with Gasteiger partial charge in [-0.3, -0.25) is 9.69 Å². The Balaban J connectivity index is 1.72. The van der Waals surface area contributed by atoms with Crippen LogP contribution in [0, 0.1) is 5.82 Å². The van der Waals surface area contributed by atoms with Gasteiger partial charge in [0.15, 0.2) is 0 Å². The van der Waals surface area contributed by atoms with E-state index < -0.39 is 18.0 Å².